The second kappa shape index (κ2) is 4.14. The third kappa shape index (κ3) is 5.30. The number of carbonyl (C=O) groups excluding carboxylic acids is 2. The largest absolute Gasteiger partial charge is 0.455 e. The summed E-state index contributed by atoms with van der Waals surface area (Å²) in [5.41, 5.74) is 0. The van der Waals surface area contributed by atoms with Gasteiger partial charge in [-0.3, -0.25) is 4.79 Å². The molecule has 11 heavy (non-hydrogen) atoms. The van der Waals surface area contributed by atoms with Gasteiger partial charge in [0.15, 0.2) is 5.78 Å². The van der Waals surface area contributed by atoms with Gasteiger partial charge in [0.1, 0.15) is 6.61 Å². The molecule has 0 aromatic carbocycles. The maximum Gasteiger partial charge on any atom is 0.358 e. The molecule has 0 fully saturated rings. The Morgan fingerprint density at radius 1 is 1.36 bits per heavy atom. The van der Waals surface area contributed by atoms with Gasteiger partial charge in [-0.2, -0.15) is 0 Å². The summed E-state index contributed by atoms with van der Waals surface area (Å²) in [5, 5.41) is 0. The lowest BCUT2D eigenvalue weighted by Crippen LogP contribution is -2.24. The monoisotopic (exact) mass is 218 g/mol. The number of carbonyl (C=O) groups is 2. The molecule has 3 nitrogen and oxygen atoms in total. The SMILES string of the molecule is CC(=O)COC(=O)C(Cl)(Cl)Cl. The smallest absolute Gasteiger partial charge is 0.358 e. The van der Waals surface area contributed by atoms with Gasteiger partial charge < -0.3 is 4.74 Å². The molecular formula is C5H5Cl3O3. The summed E-state index contributed by atoms with van der Waals surface area (Å²) < 4.78 is 2.18. The van der Waals surface area contributed by atoms with Crippen LogP contribution in [0.5, 0.6) is 0 Å². The number of halogens is 3. The average Bonchev–Trinajstić information content (AvgIpc) is 1.80. The first-order valence-electron chi connectivity index (χ1n) is 2.57. The van der Waals surface area contributed by atoms with Crippen molar-refractivity contribution in [1.29, 1.82) is 0 Å². The molecule has 0 rings (SSSR count). The highest BCUT2D eigenvalue weighted by atomic mass is 35.6. The number of rotatable bonds is 2. The molecule has 0 aliphatic carbocycles. The summed E-state index contributed by atoms with van der Waals surface area (Å²) in [6.45, 7) is 0.887. The third-order valence-corrected chi connectivity index (χ3v) is 1.10. The maximum absolute atomic E-state index is 10.6. The van der Waals surface area contributed by atoms with Crippen molar-refractivity contribution in [2.24, 2.45) is 0 Å². The molecule has 0 spiro atoms. The van der Waals surface area contributed by atoms with E-state index in [0.29, 0.717) is 0 Å². The Balaban J connectivity index is 3.80. The maximum atomic E-state index is 10.6. The van der Waals surface area contributed by atoms with E-state index < -0.39 is 9.76 Å². The van der Waals surface area contributed by atoms with Crippen molar-refractivity contribution in [1.82, 2.24) is 0 Å². The lowest BCUT2D eigenvalue weighted by Gasteiger charge is -2.08. The van der Waals surface area contributed by atoms with Crippen LogP contribution in [0, 0.1) is 0 Å². The molecule has 0 radical (unpaired) electrons. The number of ether oxygens (including phenoxy) is 1. The molecule has 0 aliphatic rings. The van der Waals surface area contributed by atoms with E-state index in [1.807, 2.05) is 0 Å². The minimum atomic E-state index is -2.10. The van der Waals surface area contributed by atoms with Crippen LogP contribution in [0.1, 0.15) is 6.92 Å². The molecular weight excluding hydrogens is 214 g/mol. The second-order valence-electron chi connectivity index (χ2n) is 1.78. The van der Waals surface area contributed by atoms with Crippen molar-refractivity contribution in [3.8, 4) is 0 Å². The number of Topliss-reactive ketones (excluding diaryl/α,β-unsaturated/α-hetero) is 1. The molecule has 0 N–H and O–H groups in total. The minimum Gasteiger partial charge on any atom is -0.455 e. The summed E-state index contributed by atoms with van der Waals surface area (Å²) in [6.07, 6.45) is 0. The molecule has 0 aromatic heterocycles. The van der Waals surface area contributed by atoms with E-state index in [0.717, 1.165) is 0 Å². The van der Waals surface area contributed by atoms with Crippen molar-refractivity contribution in [3.05, 3.63) is 0 Å². The number of hydrogen-bond donors (Lipinski definition) is 0. The summed E-state index contributed by atoms with van der Waals surface area (Å²) in [5.74, 6) is -1.36. The van der Waals surface area contributed by atoms with Gasteiger partial charge in [0, 0.05) is 0 Å². The molecule has 0 amide bonds. The second-order valence-corrected chi connectivity index (χ2v) is 4.06. The molecule has 0 saturated heterocycles. The fourth-order valence-corrected chi connectivity index (χ4v) is 0.413. The van der Waals surface area contributed by atoms with Crippen LogP contribution in [0.4, 0.5) is 0 Å². The summed E-state index contributed by atoms with van der Waals surface area (Å²) in [7, 11) is 0. The van der Waals surface area contributed by atoms with Gasteiger partial charge in [0.25, 0.3) is 3.79 Å². The number of esters is 1. The van der Waals surface area contributed by atoms with Gasteiger partial charge in [0.05, 0.1) is 0 Å². The molecule has 64 valence electrons. The molecule has 0 unspecified atom stereocenters. The Morgan fingerprint density at radius 2 is 1.82 bits per heavy atom. The first-order chi connectivity index (χ1) is 4.84. The van der Waals surface area contributed by atoms with E-state index in [9.17, 15) is 9.59 Å². The predicted molar refractivity (Wildman–Crippen MR) is 41.9 cm³/mol. The molecule has 0 aromatic rings. The fourth-order valence-electron chi connectivity index (χ4n) is 0.249. The van der Waals surface area contributed by atoms with E-state index in [1.165, 1.54) is 6.92 Å². The van der Waals surface area contributed by atoms with Crippen molar-refractivity contribution in [3.63, 3.8) is 0 Å². The Kier molecular flexibility index (Phi) is 4.14. The summed E-state index contributed by atoms with van der Waals surface area (Å²) >= 11 is 15.3. The minimum absolute atomic E-state index is 0.312. The van der Waals surface area contributed by atoms with Crippen LogP contribution < -0.4 is 0 Å². The lowest BCUT2D eigenvalue weighted by atomic mass is 10.5. The Hall–Kier alpha value is 0.01000. The molecule has 0 heterocycles. The van der Waals surface area contributed by atoms with Gasteiger partial charge in [-0.25, -0.2) is 4.79 Å². The molecule has 6 heteroatoms. The molecule has 0 atom stereocenters. The summed E-state index contributed by atoms with van der Waals surface area (Å²) in [4.78, 5) is 20.9. The zero-order chi connectivity index (χ0) is 9.07. The summed E-state index contributed by atoms with van der Waals surface area (Å²) in [6, 6.07) is 0. The van der Waals surface area contributed by atoms with Gasteiger partial charge in [0.2, 0.25) is 0 Å². The van der Waals surface area contributed by atoms with Crippen LogP contribution in [-0.4, -0.2) is 22.2 Å². The van der Waals surface area contributed by atoms with Crippen LogP contribution in [0.25, 0.3) is 0 Å². The highest BCUT2D eigenvalue weighted by Crippen LogP contribution is 2.27. The quantitative estimate of drug-likeness (QED) is 0.522. The first-order valence-corrected chi connectivity index (χ1v) is 3.71. The highest BCUT2D eigenvalue weighted by molar-refractivity contribution is 6.75. The topological polar surface area (TPSA) is 43.4 Å². The molecule has 0 bridgehead atoms. The molecule has 0 saturated carbocycles. The van der Waals surface area contributed by atoms with E-state index in [4.69, 9.17) is 34.8 Å². The van der Waals surface area contributed by atoms with E-state index in [2.05, 4.69) is 4.74 Å². The van der Waals surface area contributed by atoms with Gasteiger partial charge in [-0.1, -0.05) is 34.8 Å². The lowest BCUT2D eigenvalue weighted by molar-refractivity contribution is -0.146. The number of alkyl halides is 3. The van der Waals surface area contributed by atoms with Crippen molar-refractivity contribution in [2.45, 2.75) is 10.7 Å². The average molecular weight is 219 g/mol. The predicted octanol–water partition coefficient (Wildman–Crippen LogP) is 1.49. The van der Waals surface area contributed by atoms with Crippen molar-refractivity contribution >= 4 is 46.6 Å². The highest BCUT2D eigenvalue weighted by Gasteiger charge is 2.32. The normalized spacial score (nSPS) is 10.9. The number of hydrogen-bond acceptors (Lipinski definition) is 3. The standard InChI is InChI=1S/C5H5Cl3O3/c1-3(9)2-11-4(10)5(6,7)8/h2H2,1H3. The van der Waals surface area contributed by atoms with E-state index >= 15 is 0 Å². The van der Waals surface area contributed by atoms with Crippen LogP contribution in [-0.2, 0) is 14.3 Å². The third-order valence-electron chi connectivity index (χ3n) is 0.638. The van der Waals surface area contributed by atoms with Crippen LogP contribution in [0.3, 0.4) is 0 Å². The zero-order valence-corrected chi connectivity index (χ0v) is 7.83. The van der Waals surface area contributed by atoms with Gasteiger partial charge in [-0.05, 0) is 6.92 Å². The Bertz CT molecular complexity index is 172. The van der Waals surface area contributed by atoms with Crippen molar-refractivity contribution in [2.75, 3.05) is 6.61 Å². The number of ketones is 1. The fraction of sp³-hybridized carbons (Fsp3) is 0.600. The van der Waals surface area contributed by atoms with E-state index in [-0.39, 0.29) is 12.4 Å². The van der Waals surface area contributed by atoms with Crippen LogP contribution >= 0.6 is 34.8 Å². The van der Waals surface area contributed by atoms with Gasteiger partial charge in [-0.15, -0.1) is 0 Å². The van der Waals surface area contributed by atoms with Crippen LogP contribution in [0.15, 0.2) is 0 Å². The Labute approximate surface area is 78.5 Å². The van der Waals surface area contributed by atoms with E-state index in [1.54, 1.807) is 0 Å². The zero-order valence-electron chi connectivity index (χ0n) is 5.57. The van der Waals surface area contributed by atoms with Crippen LogP contribution in [0.2, 0.25) is 0 Å². The van der Waals surface area contributed by atoms with Gasteiger partial charge >= 0.3 is 5.97 Å². The first kappa shape index (κ1) is 11.0. The molecule has 0 aliphatic heterocycles. The Morgan fingerprint density at radius 3 is 2.09 bits per heavy atom. The van der Waals surface area contributed by atoms with Crippen molar-refractivity contribution < 1.29 is 14.3 Å².